The van der Waals surface area contributed by atoms with Crippen LogP contribution in [0.3, 0.4) is 0 Å². The van der Waals surface area contributed by atoms with Gasteiger partial charge in [-0.15, -0.1) is 0 Å². The molecule has 1 nitrogen and oxygen atoms in total. The van der Waals surface area contributed by atoms with Crippen molar-refractivity contribution in [3.63, 3.8) is 0 Å². The minimum atomic E-state index is 0.915. The van der Waals surface area contributed by atoms with Crippen LogP contribution in [0.4, 0.5) is 0 Å². The summed E-state index contributed by atoms with van der Waals surface area (Å²) in [7, 11) is 0. The fourth-order valence-electron chi connectivity index (χ4n) is 3.23. The molecule has 0 unspecified atom stereocenters. The fraction of sp³-hybridized carbons (Fsp3) is 0.500. The fourth-order valence-corrected chi connectivity index (χ4v) is 3.23. The van der Waals surface area contributed by atoms with Gasteiger partial charge in [0.25, 0.3) is 0 Å². The van der Waals surface area contributed by atoms with Gasteiger partial charge in [-0.3, -0.25) is 0 Å². The molecule has 0 amide bonds. The molecule has 136 valence electrons. The standard InChI is InChI=1S/C24H34O/c1-2-3-4-5-6-7-8-9-10-12-17-22-18-15-16-21-24(22)25-23-19-13-11-14-20-23/h11,13-16,18-21H,2-10,12,17H2,1H3. The highest BCUT2D eigenvalue weighted by molar-refractivity contribution is 5.37. The number of benzene rings is 2. The van der Waals surface area contributed by atoms with E-state index in [1.54, 1.807) is 0 Å². The number of ether oxygens (including phenoxy) is 1. The van der Waals surface area contributed by atoms with Crippen molar-refractivity contribution in [2.45, 2.75) is 77.6 Å². The molecule has 0 fully saturated rings. The molecule has 0 atom stereocenters. The average Bonchev–Trinajstić information content (AvgIpc) is 2.65. The lowest BCUT2D eigenvalue weighted by atomic mass is 10.0. The number of aryl methyl sites for hydroxylation is 1. The highest BCUT2D eigenvalue weighted by Crippen LogP contribution is 2.26. The predicted octanol–water partition coefficient (Wildman–Crippen LogP) is 7.94. The second kappa shape index (κ2) is 12.6. The van der Waals surface area contributed by atoms with Crippen LogP contribution in [0, 0.1) is 0 Å². The maximum atomic E-state index is 6.05. The van der Waals surface area contributed by atoms with Crippen molar-refractivity contribution in [1.29, 1.82) is 0 Å². The molecule has 0 aliphatic heterocycles. The molecule has 0 radical (unpaired) electrons. The maximum absolute atomic E-state index is 6.05. The summed E-state index contributed by atoms with van der Waals surface area (Å²) in [5.74, 6) is 1.92. The third kappa shape index (κ3) is 8.25. The van der Waals surface area contributed by atoms with E-state index in [1.807, 2.05) is 30.3 Å². The number of hydrogen-bond donors (Lipinski definition) is 0. The lowest BCUT2D eigenvalue weighted by Gasteiger charge is -2.11. The van der Waals surface area contributed by atoms with Crippen molar-refractivity contribution < 1.29 is 4.74 Å². The van der Waals surface area contributed by atoms with Crippen LogP contribution in [0.15, 0.2) is 54.6 Å². The summed E-state index contributed by atoms with van der Waals surface area (Å²) in [5.41, 5.74) is 1.32. The third-order valence-corrected chi connectivity index (χ3v) is 4.74. The molecule has 2 rings (SSSR count). The van der Waals surface area contributed by atoms with Crippen molar-refractivity contribution in [2.24, 2.45) is 0 Å². The zero-order chi connectivity index (χ0) is 17.6. The van der Waals surface area contributed by atoms with Gasteiger partial charge in [0.15, 0.2) is 0 Å². The van der Waals surface area contributed by atoms with E-state index in [-0.39, 0.29) is 0 Å². The normalized spacial score (nSPS) is 10.8. The van der Waals surface area contributed by atoms with Crippen LogP contribution in [-0.4, -0.2) is 0 Å². The van der Waals surface area contributed by atoms with E-state index in [0.717, 1.165) is 17.9 Å². The first-order valence-electron chi connectivity index (χ1n) is 10.2. The van der Waals surface area contributed by atoms with Crippen molar-refractivity contribution in [3.8, 4) is 11.5 Å². The van der Waals surface area contributed by atoms with Crippen molar-refractivity contribution in [1.82, 2.24) is 0 Å². The topological polar surface area (TPSA) is 9.23 Å². The molecule has 2 aromatic rings. The molecule has 0 bridgehead atoms. The smallest absolute Gasteiger partial charge is 0.130 e. The van der Waals surface area contributed by atoms with Gasteiger partial charge < -0.3 is 4.74 Å². The van der Waals surface area contributed by atoms with Crippen LogP contribution < -0.4 is 4.74 Å². The van der Waals surface area contributed by atoms with Crippen molar-refractivity contribution in [2.75, 3.05) is 0 Å². The van der Waals surface area contributed by atoms with Gasteiger partial charge in [-0.05, 0) is 36.6 Å². The molecule has 0 heterocycles. The number of para-hydroxylation sites is 2. The summed E-state index contributed by atoms with van der Waals surface area (Å²) < 4.78 is 6.05. The van der Waals surface area contributed by atoms with Crippen LogP contribution >= 0.6 is 0 Å². The van der Waals surface area contributed by atoms with Gasteiger partial charge in [-0.1, -0.05) is 101 Å². The Labute approximate surface area is 154 Å². The molecule has 1 heteroatoms. The Hall–Kier alpha value is -1.76. The second-order valence-corrected chi connectivity index (χ2v) is 6.95. The van der Waals surface area contributed by atoms with Crippen LogP contribution in [0.5, 0.6) is 11.5 Å². The minimum absolute atomic E-state index is 0.915. The van der Waals surface area contributed by atoms with Crippen LogP contribution in [0.1, 0.15) is 76.7 Å². The molecule has 0 N–H and O–H groups in total. The van der Waals surface area contributed by atoms with Gasteiger partial charge in [0.05, 0.1) is 0 Å². The molecule has 2 aromatic carbocycles. The molecule has 0 aliphatic rings. The molecule has 0 aromatic heterocycles. The van der Waals surface area contributed by atoms with Gasteiger partial charge in [0.2, 0.25) is 0 Å². The number of unbranched alkanes of at least 4 members (excludes halogenated alkanes) is 9. The van der Waals surface area contributed by atoms with Crippen LogP contribution in [0.25, 0.3) is 0 Å². The first-order valence-corrected chi connectivity index (χ1v) is 10.2. The Bertz CT molecular complexity index is 561. The van der Waals surface area contributed by atoms with Gasteiger partial charge in [0.1, 0.15) is 11.5 Å². The Kier molecular flexibility index (Phi) is 9.84. The molecule has 0 saturated carbocycles. The Morgan fingerprint density at radius 2 is 1.16 bits per heavy atom. The van der Waals surface area contributed by atoms with Gasteiger partial charge in [-0.25, -0.2) is 0 Å². The van der Waals surface area contributed by atoms with E-state index in [4.69, 9.17) is 4.74 Å². The third-order valence-electron chi connectivity index (χ3n) is 4.74. The Morgan fingerprint density at radius 1 is 0.600 bits per heavy atom. The van der Waals surface area contributed by atoms with Gasteiger partial charge in [0, 0.05) is 0 Å². The Morgan fingerprint density at radius 3 is 1.84 bits per heavy atom. The molecule has 0 saturated heterocycles. The summed E-state index contributed by atoms with van der Waals surface area (Å²) in [6, 6.07) is 18.5. The van der Waals surface area contributed by atoms with E-state index in [9.17, 15) is 0 Å². The van der Waals surface area contributed by atoms with Gasteiger partial charge >= 0.3 is 0 Å². The quantitative estimate of drug-likeness (QED) is 0.337. The first-order chi connectivity index (χ1) is 12.4. The van der Waals surface area contributed by atoms with Crippen LogP contribution in [-0.2, 0) is 6.42 Å². The predicted molar refractivity (Wildman–Crippen MR) is 109 cm³/mol. The number of hydrogen-bond acceptors (Lipinski definition) is 1. The largest absolute Gasteiger partial charge is 0.457 e. The minimum Gasteiger partial charge on any atom is -0.457 e. The highest BCUT2D eigenvalue weighted by Gasteiger charge is 2.04. The highest BCUT2D eigenvalue weighted by atomic mass is 16.5. The summed E-state index contributed by atoms with van der Waals surface area (Å²) in [5, 5.41) is 0. The Balaban J connectivity index is 1.63. The average molecular weight is 339 g/mol. The summed E-state index contributed by atoms with van der Waals surface area (Å²) in [4.78, 5) is 0. The van der Waals surface area contributed by atoms with Crippen molar-refractivity contribution >= 4 is 0 Å². The van der Waals surface area contributed by atoms with E-state index >= 15 is 0 Å². The lowest BCUT2D eigenvalue weighted by Crippen LogP contribution is -1.92. The summed E-state index contributed by atoms with van der Waals surface area (Å²) in [6.07, 6.45) is 14.9. The molecule has 0 spiro atoms. The zero-order valence-electron chi connectivity index (χ0n) is 15.9. The SMILES string of the molecule is CCCCCCCCCCCCc1ccccc1Oc1ccccc1. The van der Waals surface area contributed by atoms with Crippen LogP contribution in [0.2, 0.25) is 0 Å². The number of rotatable bonds is 13. The maximum Gasteiger partial charge on any atom is 0.130 e. The van der Waals surface area contributed by atoms with E-state index in [1.165, 1.54) is 69.8 Å². The molecule has 25 heavy (non-hydrogen) atoms. The molecular weight excluding hydrogens is 304 g/mol. The lowest BCUT2D eigenvalue weighted by molar-refractivity contribution is 0.474. The zero-order valence-corrected chi connectivity index (χ0v) is 15.9. The van der Waals surface area contributed by atoms with E-state index in [2.05, 4.69) is 31.2 Å². The van der Waals surface area contributed by atoms with Gasteiger partial charge in [-0.2, -0.15) is 0 Å². The molecular formula is C24H34O. The van der Waals surface area contributed by atoms with E-state index in [0.29, 0.717) is 0 Å². The summed E-state index contributed by atoms with van der Waals surface area (Å²) in [6.45, 7) is 2.28. The monoisotopic (exact) mass is 338 g/mol. The first kappa shape index (κ1) is 19.6. The van der Waals surface area contributed by atoms with Crippen molar-refractivity contribution in [3.05, 3.63) is 60.2 Å². The molecule has 0 aliphatic carbocycles. The van der Waals surface area contributed by atoms with E-state index < -0.39 is 0 Å². The summed E-state index contributed by atoms with van der Waals surface area (Å²) >= 11 is 0. The second-order valence-electron chi connectivity index (χ2n) is 6.95.